The number of rotatable bonds is 4. The van der Waals surface area contributed by atoms with E-state index in [0.29, 0.717) is 9.93 Å². The van der Waals surface area contributed by atoms with Crippen molar-refractivity contribution in [3.8, 4) is 0 Å². The predicted octanol–water partition coefficient (Wildman–Crippen LogP) is 1.12. The summed E-state index contributed by atoms with van der Waals surface area (Å²) in [5.41, 5.74) is 0.802. The molecule has 3 amide bonds. The summed E-state index contributed by atoms with van der Waals surface area (Å²) in [6.45, 7) is 3.43. The van der Waals surface area contributed by atoms with Gasteiger partial charge in [0.25, 0.3) is 11.1 Å². The van der Waals surface area contributed by atoms with Crippen molar-refractivity contribution in [1.82, 2.24) is 9.80 Å². The van der Waals surface area contributed by atoms with E-state index in [4.69, 9.17) is 11.6 Å². The van der Waals surface area contributed by atoms with E-state index in [0.717, 1.165) is 48.4 Å². The summed E-state index contributed by atoms with van der Waals surface area (Å²) in [5, 5.41) is 0.283. The Bertz CT molecular complexity index is 743. The van der Waals surface area contributed by atoms with Gasteiger partial charge in [-0.15, -0.1) is 0 Å². The second-order valence-corrected chi connectivity index (χ2v) is 7.90. The maximum Gasteiger partial charge on any atom is 0.293 e. The number of imide groups is 1. The quantitative estimate of drug-likeness (QED) is 0.777. The first-order valence-electron chi connectivity index (χ1n) is 8.54. The monoisotopic (exact) mass is 394 g/mol. The highest BCUT2D eigenvalue weighted by Crippen LogP contribution is 2.32. The molecule has 2 heterocycles. The van der Waals surface area contributed by atoms with Gasteiger partial charge in [-0.1, -0.05) is 23.7 Å². The molecule has 2 saturated heterocycles. The third kappa shape index (κ3) is 4.47. The Balaban J connectivity index is 1.59. The van der Waals surface area contributed by atoms with Crippen LogP contribution < -0.4 is 4.90 Å². The van der Waals surface area contributed by atoms with Crippen LogP contribution in [0.1, 0.15) is 12.0 Å². The van der Waals surface area contributed by atoms with Gasteiger partial charge in [0.2, 0.25) is 5.91 Å². The molecule has 0 aromatic heterocycles. The van der Waals surface area contributed by atoms with E-state index >= 15 is 0 Å². The molecule has 3 rings (SSSR count). The number of hydrogen-bond donors (Lipinski definition) is 1. The van der Waals surface area contributed by atoms with Crippen LogP contribution in [-0.4, -0.2) is 66.6 Å². The lowest BCUT2D eigenvalue weighted by Gasteiger charge is -2.30. The number of quaternary nitrogens is 1. The van der Waals surface area contributed by atoms with E-state index < -0.39 is 0 Å². The highest BCUT2D eigenvalue weighted by atomic mass is 35.5. The number of carbonyl (C=O) groups excluding carboxylic acids is 3. The standard InChI is InChI=1S/C18H20ClN3O3S/c1-20-8-10-21(11-9-20)16(23)6-7-22-17(24)15(26-18(22)25)12-13-2-4-14(19)5-3-13/h2-5,12H,6-11H2,1H3/p+1/b15-12+. The molecule has 2 aliphatic rings. The number of thioether (sulfide) groups is 1. The van der Waals surface area contributed by atoms with Crippen LogP contribution >= 0.6 is 23.4 Å². The summed E-state index contributed by atoms with van der Waals surface area (Å²) >= 11 is 6.76. The van der Waals surface area contributed by atoms with E-state index in [1.54, 1.807) is 30.3 Å². The molecule has 6 nitrogen and oxygen atoms in total. The summed E-state index contributed by atoms with van der Waals surface area (Å²) in [6.07, 6.45) is 1.84. The number of hydrogen-bond acceptors (Lipinski definition) is 4. The molecule has 0 unspecified atom stereocenters. The molecule has 26 heavy (non-hydrogen) atoms. The minimum Gasteiger partial charge on any atom is -0.334 e. The van der Waals surface area contributed by atoms with Crippen LogP contribution in [0.3, 0.4) is 0 Å². The molecule has 0 radical (unpaired) electrons. The van der Waals surface area contributed by atoms with Crippen LogP contribution in [0.2, 0.25) is 5.02 Å². The Labute approximate surface area is 161 Å². The normalized spacial score (nSPS) is 20.3. The van der Waals surface area contributed by atoms with Crippen molar-refractivity contribution in [1.29, 1.82) is 0 Å². The summed E-state index contributed by atoms with van der Waals surface area (Å²) < 4.78 is 0. The maximum absolute atomic E-state index is 12.5. The average Bonchev–Trinajstić information content (AvgIpc) is 2.89. The van der Waals surface area contributed by atoms with Crippen molar-refractivity contribution in [3.05, 3.63) is 39.8 Å². The van der Waals surface area contributed by atoms with Gasteiger partial charge in [-0.05, 0) is 35.5 Å². The third-order valence-electron chi connectivity index (χ3n) is 4.56. The zero-order valence-corrected chi connectivity index (χ0v) is 16.1. The Kier molecular flexibility index (Phi) is 6.01. The zero-order chi connectivity index (χ0) is 18.7. The molecule has 8 heteroatoms. The van der Waals surface area contributed by atoms with Crippen LogP contribution in [0.25, 0.3) is 6.08 Å². The van der Waals surface area contributed by atoms with Crippen molar-refractivity contribution in [2.24, 2.45) is 0 Å². The Morgan fingerprint density at radius 3 is 2.54 bits per heavy atom. The largest absolute Gasteiger partial charge is 0.334 e. The van der Waals surface area contributed by atoms with Gasteiger partial charge < -0.3 is 9.80 Å². The first kappa shape index (κ1) is 18.9. The number of nitrogens with zero attached hydrogens (tertiary/aromatic N) is 2. The molecule has 0 bridgehead atoms. The topological polar surface area (TPSA) is 62.1 Å². The summed E-state index contributed by atoms with van der Waals surface area (Å²) in [4.78, 5) is 41.7. The van der Waals surface area contributed by atoms with Gasteiger partial charge in [0, 0.05) is 18.0 Å². The first-order chi connectivity index (χ1) is 12.4. The average molecular weight is 395 g/mol. The van der Waals surface area contributed by atoms with Gasteiger partial charge in [-0.3, -0.25) is 19.3 Å². The Morgan fingerprint density at radius 1 is 1.23 bits per heavy atom. The minimum absolute atomic E-state index is 0.00164. The summed E-state index contributed by atoms with van der Waals surface area (Å²) in [7, 11) is 2.11. The van der Waals surface area contributed by atoms with Crippen LogP contribution in [0.15, 0.2) is 29.2 Å². The first-order valence-corrected chi connectivity index (χ1v) is 9.73. The van der Waals surface area contributed by atoms with Crippen molar-refractivity contribution in [2.45, 2.75) is 6.42 Å². The molecule has 0 saturated carbocycles. The number of amides is 3. The van der Waals surface area contributed by atoms with Gasteiger partial charge in [0.05, 0.1) is 38.1 Å². The fourth-order valence-electron chi connectivity index (χ4n) is 2.91. The Morgan fingerprint density at radius 2 is 1.88 bits per heavy atom. The minimum atomic E-state index is -0.342. The molecular weight excluding hydrogens is 374 g/mol. The molecule has 2 fully saturated rings. The van der Waals surface area contributed by atoms with Crippen molar-refractivity contribution in [3.63, 3.8) is 0 Å². The van der Waals surface area contributed by atoms with Crippen molar-refractivity contribution in [2.75, 3.05) is 39.8 Å². The van der Waals surface area contributed by atoms with Gasteiger partial charge in [-0.25, -0.2) is 0 Å². The van der Waals surface area contributed by atoms with E-state index in [-0.39, 0.29) is 30.0 Å². The smallest absolute Gasteiger partial charge is 0.293 e. The van der Waals surface area contributed by atoms with Crippen molar-refractivity contribution >= 4 is 46.5 Å². The fraction of sp³-hybridized carbons (Fsp3) is 0.389. The number of halogens is 1. The predicted molar refractivity (Wildman–Crippen MR) is 102 cm³/mol. The second-order valence-electron chi connectivity index (χ2n) is 6.47. The molecule has 0 spiro atoms. The molecule has 2 aliphatic heterocycles. The molecule has 0 aliphatic carbocycles. The van der Waals surface area contributed by atoms with Crippen LogP contribution in [0.4, 0.5) is 4.79 Å². The second kappa shape index (κ2) is 8.24. The van der Waals surface area contributed by atoms with Crippen molar-refractivity contribution < 1.29 is 19.3 Å². The maximum atomic E-state index is 12.5. The van der Waals surface area contributed by atoms with E-state index in [9.17, 15) is 14.4 Å². The molecule has 1 aromatic rings. The van der Waals surface area contributed by atoms with Gasteiger partial charge >= 0.3 is 0 Å². The highest BCUT2D eigenvalue weighted by Gasteiger charge is 2.35. The molecular formula is C18H21ClN3O3S+. The summed E-state index contributed by atoms with van der Waals surface area (Å²) in [6, 6.07) is 7.03. The number of nitrogens with one attached hydrogen (secondary N) is 1. The van der Waals surface area contributed by atoms with E-state index in [1.807, 2.05) is 4.90 Å². The fourth-order valence-corrected chi connectivity index (χ4v) is 3.90. The van der Waals surface area contributed by atoms with Gasteiger partial charge in [0.1, 0.15) is 0 Å². The highest BCUT2D eigenvalue weighted by molar-refractivity contribution is 8.18. The third-order valence-corrected chi connectivity index (χ3v) is 5.72. The number of likely N-dealkylation sites (N-methyl/N-ethyl adjacent to an activating group) is 1. The number of piperazine rings is 1. The lowest BCUT2D eigenvalue weighted by Crippen LogP contribution is -3.12. The SMILES string of the molecule is C[NH+]1CCN(C(=O)CCN2C(=O)S/C(=C/c3ccc(Cl)cc3)C2=O)CC1. The van der Waals surface area contributed by atoms with E-state index in [2.05, 4.69) is 7.05 Å². The molecule has 138 valence electrons. The summed E-state index contributed by atoms with van der Waals surface area (Å²) in [5.74, 6) is -0.344. The van der Waals surface area contributed by atoms with Gasteiger partial charge in [-0.2, -0.15) is 0 Å². The van der Waals surface area contributed by atoms with E-state index in [1.165, 1.54) is 4.90 Å². The zero-order valence-electron chi connectivity index (χ0n) is 14.5. The molecule has 0 atom stereocenters. The number of benzene rings is 1. The lowest BCUT2D eigenvalue weighted by molar-refractivity contribution is -0.883. The van der Waals surface area contributed by atoms with Crippen LogP contribution in [-0.2, 0) is 9.59 Å². The van der Waals surface area contributed by atoms with Crippen LogP contribution in [0.5, 0.6) is 0 Å². The molecule has 1 N–H and O–H groups in total. The Hall–Kier alpha value is -1.83. The van der Waals surface area contributed by atoms with Crippen LogP contribution in [0, 0.1) is 0 Å². The molecule has 1 aromatic carbocycles. The van der Waals surface area contributed by atoms with Gasteiger partial charge in [0.15, 0.2) is 0 Å². The number of carbonyl (C=O) groups is 3. The lowest BCUT2D eigenvalue weighted by atomic mass is 10.2.